The summed E-state index contributed by atoms with van der Waals surface area (Å²) in [7, 11) is 2.83. The van der Waals surface area contributed by atoms with Gasteiger partial charge >= 0.3 is 5.97 Å². The fourth-order valence-corrected chi connectivity index (χ4v) is 2.41. The first-order valence-electron chi connectivity index (χ1n) is 5.98. The predicted molar refractivity (Wildman–Crippen MR) is 79.7 cm³/mol. The van der Waals surface area contributed by atoms with E-state index in [1.165, 1.54) is 24.5 Å². The van der Waals surface area contributed by atoms with Gasteiger partial charge < -0.3 is 9.47 Å². The number of aromatic nitrogens is 1. The van der Waals surface area contributed by atoms with Crippen LogP contribution in [-0.2, 0) is 9.53 Å². The number of benzene rings is 1. The van der Waals surface area contributed by atoms with E-state index in [2.05, 4.69) is 9.72 Å². The maximum atomic E-state index is 11.4. The van der Waals surface area contributed by atoms with Crippen molar-refractivity contribution in [2.75, 3.05) is 14.2 Å². The average Bonchev–Trinajstić information content (AvgIpc) is 3.00. The molecule has 106 valence electrons. The molecule has 0 aliphatic heterocycles. The van der Waals surface area contributed by atoms with E-state index in [-0.39, 0.29) is 5.57 Å². The number of nitrogens with zero attached hydrogens (tertiary/aromatic N) is 2. The SMILES string of the molecule is COC(=O)C(C#N)=Cc1csc(-c2cccc(OC)c2)n1. The molecule has 0 saturated carbocycles. The van der Waals surface area contributed by atoms with Gasteiger partial charge in [-0.05, 0) is 18.2 Å². The summed E-state index contributed by atoms with van der Waals surface area (Å²) in [5.74, 6) is 0.0699. The van der Waals surface area contributed by atoms with Crippen LogP contribution in [0.3, 0.4) is 0 Å². The quantitative estimate of drug-likeness (QED) is 0.493. The molecular formula is C15H12N2O3S. The summed E-state index contributed by atoms with van der Waals surface area (Å²) < 4.78 is 9.70. The molecule has 0 N–H and O–H groups in total. The molecule has 0 amide bonds. The Labute approximate surface area is 126 Å². The van der Waals surface area contributed by atoms with Crippen molar-refractivity contribution in [2.45, 2.75) is 0 Å². The van der Waals surface area contributed by atoms with Gasteiger partial charge in [-0.15, -0.1) is 11.3 Å². The molecule has 6 heteroatoms. The summed E-state index contributed by atoms with van der Waals surface area (Å²) in [6, 6.07) is 9.31. The second-order valence-corrected chi connectivity index (χ2v) is 4.83. The second-order valence-electron chi connectivity index (χ2n) is 3.97. The van der Waals surface area contributed by atoms with E-state index in [0.717, 1.165) is 16.3 Å². The molecule has 0 saturated heterocycles. The minimum absolute atomic E-state index is 0.0833. The van der Waals surface area contributed by atoms with Crippen molar-refractivity contribution in [3.8, 4) is 22.4 Å². The van der Waals surface area contributed by atoms with E-state index < -0.39 is 5.97 Å². The monoisotopic (exact) mass is 300 g/mol. The number of hydrogen-bond donors (Lipinski definition) is 0. The predicted octanol–water partition coefficient (Wildman–Crippen LogP) is 2.90. The van der Waals surface area contributed by atoms with Crippen molar-refractivity contribution >= 4 is 23.4 Å². The molecule has 0 fully saturated rings. The Kier molecular flexibility index (Phi) is 4.69. The molecule has 21 heavy (non-hydrogen) atoms. The fraction of sp³-hybridized carbons (Fsp3) is 0.133. The third-order valence-electron chi connectivity index (χ3n) is 2.66. The van der Waals surface area contributed by atoms with Crippen LogP contribution in [0.1, 0.15) is 5.69 Å². The molecule has 2 aromatic rings. The number of rotatable bonds is 4. The van der Waals surface area contributed by atoms with E-state index in [4.69, 9.17) is 10.00 Å². The minimum Gasteiger partial charge on any atom is -0.497 e. The molecule has 0 atom stereocenters. The maximum Gasteiger partial charge on any atom is 0.348 e. The van der Waals surface area contributed by atoms with Gasteiger partial charge in [-0.2, -0.15) is 5.26 Å². The van der Waals surface area contributed by atoms with Crippen LogP contribution < -0.4 is 4.74 Å². The molecule has 0 aliphatic carbocycles. The number of nitriles is 1. The molecular weight excluding hydrogens is 288 g/mol. The molecule has 0 aliphatic rings. The van der Waals surface area contributed by atoms with Crippen molar-refractivity contribution < 1.29 is 14.3 Å². The van der Waals surface area contributed by atoms with Crippen LogP contribution in [0.4, 0.5) is 0 Å². The highest BCUT2D eigenvalue weighted by molar-refractivity contribution is 7.13. The molecule has 1 aromatic carbocycles. The maximum absolute atomic E-state index is 11.4. The minimum atomic E-state index is -0.673. The summed E-state index contributed by atoms with van der Waals surface area (Å²) >= 11 is 1.42. The van der Waals surface area contributed by atoms with Gasteiger partial charge in [-0.25, -0.2) is 9.78 Å². The van der Waals surface area contributed by atoms with Crippen molar-refractivity contribution in [3.05, 3.63) is 40.9 Å². The molecule has 1 heterocycles. The van der Waals surface area contributed by atoms with Crippen LogP contribution >= 0.6 is 11.3 Å². The Bertz CT molecular complexity index is 729. The van der Waals surface area contributed by atoms with E-state index in [0.29, 0.717) is 5.69 Å². The average molecular weight is 300 g/mol. The van der Waals surface area contributed by atoms with E-state index >= 15 is 0 Å². The topological polar surface area (TPSA) is 72.2 Å². The summed E-state index contributed by atoms with van der Waals surface area (Å²) in [5.41, 5.74) is 1.37. The Hall–Kier alpha value is -2.65. The van der Waals surface area contributed by atoms with Gasteiger partial charge in [0.2, 0.25) is 0 Å². The zero-order valence-electron chi connectivity index (χ0n) is 11.5. The lowest BCUT2D eigenvalue weighted by Crippen LogP contribution is -2.02. The van der Waals surface area contributed by atoms with Crippen LogP contribution in [0.25, 0.3) is 16.6 Å². The van der Waals surface area contributed by atoms with Gasteiger partial charge in [0.25, 0.3) is 0 Å². The molecule has 2 rings (SSSR count). The van der Waals surface area contributed by atoms with Gasteiger partial charge in [0, 0.05) is 10.9 Å². The van der Waals surface area contributed by atoms with Crippen LogP contribution in [-0.4, -0.2) is 25.2 Å². The zero-order valence-corrected chi connectivity index (χ0v) is 12.3. The number of ether oxygens (including phenoxy) is 2. The normalized spacial score (nSPS) is 10.8. The molecule has 0 spiro atoms. The summed E-state index contributed by atoms with van der Waals surface area (Å²) in [5, 5.41) is 11.5. The van der Waals surface area contributed by atoms with Gasteiger partial charge in [-0.1, -0.05) is 12.1 Å². The van der Waals surface area contributed by atoms with Crippen molar-refractivity contribution in [3.63, 3.8) is 0 Å². The number of methoxy groups -OCH3 is 2. The van der Waals surface area contributed by atoms with Gasteiger partial charge in [0.1, 0.15) is 22.4 Å². The van der Waals surface area contributed by atoms with E-state index in [1.54, 1.807) is 18.6 Å². The van der Waals surface area contributed by atoms with Crippen LogP contribution in [0.15, 0.2) is 35.2 Å². The van der Waals surface area contributed by atoms with E-state index in [9.17, 15) is 4.79 Å². The third-order valence-corrected chi connectivity index (χ3v) is 3.57. The number of hydrogen-bond acceptors (Lipinski definition) is 6. The van der Waals surface area contributed by atoms with Crippen molar-refractivity contribution in [1.82, 2.24) is 4.98 Å². The smallest absolute Gasteiger partial charge is 0.348 e. The van der Waals surface area contributed by atoms with Crippen LogP contribution in [0, 0.1) is 11.3 Å². The van der Waals surface area contributed by atoms with Gasteiger partial charge in [-0.3, -0.25) is 0 Å². The summed E-state index contributed by atoms with van der Waals surface area (Å²) in [4.78, 5) is 15.7. The van der Waals surface area contributed by atoms with Crippen molar-refractivity contribution in [1.29, 1.82) is 5.26 Å². The van der Waals surface area contributed by atoms with Crippen LogP contribution in [0.5, 0.6) is 5.75 Å². The summed E-state index contributed by atoms with van der Waals surface area (Å²) in [6.07, 6.45) is 1.41. The Morgan fingerprint density at radius 2 is 2.24 bits per heavy atom. The lowest BCUT2D eigenvalue weighted by Gasteiger charge is -2.01. The second kappa shape index (κ2) is 6.68. The third kappa shape index (κ3) is 3.46. The largest absolute Gasteiger partial charge is 0.497 e. The Morgan fingerprint density at radius 3 is 2.90 bits per heavy atom. The standard InChI is InChI=1S/C15H12N2O3S/c1-19-13-5-3-4-10(7-13)14-17-12(9-21-14)6-11(8-16)15(18)20-2/h3-7,9H,1-2H3. The number of thiazole rings is 1. The van der Waals surface area contributed by atoms with Gasteiger partial charge in [0.15, 0.2) is 0 Å². The van der Waals surface area contributed by atoms with E-state index in [1.807, 2.05) is 24.3 Å². The summed E-state index contributed by atoms with van der Waals surface area (Å²) in [6.45, 7) is 0. The van der Waals surface area contributed by atoms with Crippen LogP contribution in [0.2, 0.25) is 0 Å². The highest BCUT2D eigenvalue weighted by atomic mass is 32.1. The van der Waals surface area contributed by atoms with Crippen molar-refractivity contribution in [2.24, 2.45) is 0 Å². The fourth-order valence-electron chi connectivity index (χ4n) is 1.64. The lowest BCUT2D eigenvalue weighted by molar-refractivity contribution is -0.135. The molecule has 0 radical (unpaired) electrons. The molecule has 0 bridgehead atoms. The first-order valence-corrected chi connectivity index (χ1v) is 6.86. The Morgan fingerprint density at radius 1 is 1.43 bits per heavy atom. The Balaban J connectivity index is 2.31. The number of esters is 1. The first-order chi connectivity index (χ1) is 10.2. The number of carbonyl (C=O) groups is 1. The molecule has 0 unspecified atom stereocenters. The number of carbonyl (C=O) groups excluding carboxylic acids is 1. The highest BCUT2D eigenvalue weighted by Gasteiger charge is 2.10. The zero-order chi connectivity index (χ0) is 15.2. The first kappa shape index (κ1) is 14.8. The lowest BCUT2D eigenvalue weighted by atomic mass is 10.2. The van der Waals surface area contributed by atoms with Gasteiger partial charge in [0.05, 0.1) is 19.9 Å². The molecule has 5 nitrogen and oxygen atoms in total. The molecule has 1 aromatic heterocycles. The highest BCUT2D eigenvalue weighted by Crippen LogP contribution is 2.27.